The first-order chi connectivity index (χ1) is 14.6. The van der Waals surface area contributed by atoms with Gasteiger partial charge in [0.2, 0.25) is 0 Å². The predicted octanol–water partition coefficient (Wildman–Crippen LogP) is 6.96. The average molecular weight is 454 g/mol. The van der Waals surface area contributed by atoms with E-state index in [0.717, 1.165) is 21.2 Å². The number of hydrogen-bond donors (Lipinski definition) is 0. The maximum absolute atomic E-state index is 12.6. The van der Waals surface area contributed by atoms with E-state index in [-0.39, 0.29) is 0 Å². The molecule has 0 aliphatic carbocycles. The highest BCUT2D eigenvalue weighted by atomic mass is 35.5. The van der Waals surface area contributed by atoms with Crippen LogP contribution in [0.4, 0.5) is 0 Å². The van der Waals surface area contributed by atoms with Gasteiger partial charge in [0.05, 0.1) is 25.8 Å². The number of aromatic nitrogens is 1. The average Bonchev–Trinajstić information content (AvgIpc) is 3.18. The first kappa shape index (κ1) is 19.1. The van der Waals surface area contributed by atoms with Gasteiger partial charge in [-0.05, 0) is 48.0 Å². The van der Waals surface area contributed by atoms with Crippen LogP contribution in [-0.4, -0.2) is 4.98 Å². The van der Waals surface area contributed by atoms with Crippen molar-refractivity contribution < 1.29 is 9.15 Å². The lowest BCUT2D eigenvalue weighted by atomic mass is 10.2. The quantitative estimate of drug-likeness (QED) is 0.276. The molecule has 0 radical (unpaired) electrons. The summed E-state index contributed by atoms with van der Waals surface area (Å²) in [6, 6.07) is 20.3. The number of rotatable bonds is 4. The highest BCUT2D eigenvalue weighted by molar-refractivity contribution is 7.21. The lowest BCUT2D eigenvalue weighted by Gasteiger charge is -2.08. The molecule has 0 aliphatic heterocycles. The third-order valence-electron chi connectivity index (χ3n) is 4.62. The standard InChI is InChI=1S/C23H13Cl2NO3S/c24-17-8-5-13(9-18(17)25)12-28-15-7-6-14-10-16(23(27)29-20(14)11-15)22-26-19-3-1-2-4-21(19)30-22/h1-11H,12H2. The van der Waals surface area contributed by atoms with Crippen molar-refractivity contribution in [2.45, 2.75) is 6.61 Å². The zero-order valence-corrected chi connectivity index (χ0v) is 17.7. The van der Waals surface area contributed by atoms with Crippen LogP contribution in [0, 0.1) is 0 Å². The van der Waals surface area contributed by atoms with Crippen LogP contribution in [0.1, 0.15) is 5.56 Å². The first-order valence-corrected chi connectivity index (χ1v) is 10.6. The van der Waals surface area contributed by atoms with Crippen LogP contribution >= 0.6 is 34.5 Å². The molecular formula is C23H13Cl2NO3S. The summed E-state index contributed by atoms with van der Waals surface area (Å²) in [4.78, 5) is 17.2. The molecule has 0 fully saturated rings. The van der Waals surface area contributed by atoms with Crippen molar-refractivity contribution in [3.05, 3.63) is 92.8 Å². The smallest absolute Gasteiger partial charge is 0.346 e. The molecule has 3 aromatic carbocycles. The third-order valence-corrected chi connectivity index (χ3v) is 6.43. The van der Waals surface area contributed by atoms with Crippen molar-refractivity contribution in [3.63, 3.8) is 0 Å². The van der Waals surface area contributed by atoms with Gasteiger partial charge < -0.3 is 9.15 Å². The van der Waals surface area contributed by atoms with Gasteiger partial charge in [-0.25, -0.2) is 9.78 Å². The van der Waals surface area contributed by atoms with Gasteiger partial charge in [-0.3, -0.25) is 0 Å². The van der Waals surface area contributed by atoms with E-state index >= 15 is 0 Å². The highest BCUT2D eigenvalue weighted by Gasteiger charge is 2.13. The van der Waals surface area contributed by atoms with Crippen molar-refractivity contribution in [3.8, 4) is 16.3 Å². The summed E-state index contributed by atoms with van der Waals surface area (Å²) in [7, 11) is 0. The zero-order chi connectivity index (χ0) is 20.7. The molecule has 5 aromatic rings. The summed E-state index contributed by atoms with van der Waals surface area (Å²) in [6.45, 7) is 0.316. The number of thiazole rings is 1. The third kappa shape index (κ3) is 3.67. The molecule has 7 heteroatoms. The largest absolute Gasteiger partial charge is 0.489 e. The fourth-order valence-electron chi connectivity index (χ4n) is 3.11. The molecule has 0 unspecified atom stereocenters. The van der Waals surface area contributed by atoms with E-state index in [2.05, 4.69) is 4.98 Å². The lowest BCUT2D eigenvalue weighted by molar-refractivity contribution is 0.306. The van der Waals surface area contributed by atoms with Crippen molar-refractivity contribution >= 4 is 55.7 Å². The Morgan fingerprint density at radius 2 is 1.83 bits per heavy atom. The van der Waals surface area contributed by atoms with Crippen molar-refractivity contribution in [1.82, 2.24) is 4.98 Å². The van der Waals surface area contributed by atoms with Crippen molar-refractivity contribution in [1.29, 1.82) is 0 Å². The Morgan fingerprint density at radius 1 is 0.967 bits per heavy atom. The van der Waals surface area contributed by atoms with Crippen molar-refractivity contribution in [2.24, 2.45) is 0 Å². The molecule has 30 heavy (non-hydrogen) atoms. The Hall–Kier alpha value is -2.86. The fourth-order valence-corrected chi connectivity index (χ4v) is 4.40. The van der Waals surface area contributed by atoms with E-state index in [9.17, 15) is 4.79 Å². The monoisotopic (exact) mass is 453 g/mol. The second kappa shape index (κ2) is 7.76. The van der Waals surface area contributed by atoms with Gasteiger partial charge in [0, 0.05) is 11.5 Å². The maximum Gasteiger partial charge on any atom is 0.346 e. The molecule has 5 rings (SSSR count). The molecular weight excluding hydrogens is 441 g/mol. The molecule has 0 aliphatic rings. The second-order valence-corrected chi connectivity index (χ2v) is 8.52. The number of benzene rings is 3. The number of halogens is 2. The van der Waals surface area contributed by atoms with E-state index in [1.54, 1.807) is 18.2 Å². The Balaban J connectivity index is 1.44. The predicted molar refractivity (Wildman–Crippen MR) is 122 cm³/mol. The van der Waals surface area contributed by atoms with Gasteiger partial charge in [-0.15, -0.1) is 11.3 Å². The number of nitrogens with zero attached hydrogens (tertiary/aromatic N) is 1. The summed E-state index contributed by atoms with van der Waals surface area (Å²) in [6.07, 6.45) is 0. The van der Waals surface area contributed by atoms with Gasteiger partial charge in [-0.1, -0.05) is 41.4 Å². The van der Waals surface area contributed by atoms with Gasteiger partial charge in [0.15, 0.2) is 0 Å². The number of ether oxygens (including phenoxy) is 1. The van der Waals surface area contributed by atoms with Gasteiger partial charge in [0.1, 0.15) is 22.9 Å². The normalized spacial score (nSPS) is 11.3. The van der Waals surface area contributed by atoms with E-state index in [1.807, 2.05) is 48.5 Å². The Morgan fingerprint density at radius 3 is 2.67 bits per heavy atom. The summed E-state index contributed by atoms with van der Waals surface area (Å²) in [5, 5.41) is 2.42. The molecule has 0 saturated carbocycles. The number of para-hydroxylation sites is 1. The number of hydrogen-bond acceptors (Lipinski definition) is 5. The Kier molecular flexibility index (Phi) is 4.95. The summed E-state index contributed by atoms with van der Waals surface area (Å²) in [5.41, 5.74) is 2.23. The minimum absolute atomic E-state index is 0.316. The van der Waals surface area contributed by atoms with Crippen molar-refractivity contribution in [2.75, 3.05) is 0 Å². The maximum atomic E-state index is 12.6. The SMILES string of the molecule is O=c1oc2cc(OCc3ccc(Cl)c(Cl)c3)ccc2cc1-c1nc2ccccc2s1. The Bertz CT molecular complexity index is 1430. The Labute approximate surface area is 185 Å². The molecule has 0 saturated heterocycles. The fraction of sp³-hybridized carbons (Fsp3) is 0.0435. The van der Waals surface area contributed by atoms with E-state index < -0.39 is 5.63 Å². The molecule has 2 heterocycles. The van der Waals surface area contributed by atoms with Crippen LogP contribution in [0.25, 0.3) is 31.8 Å². The van der Waals surface area contributed by atoms with Crippen LogP contribution in [0.5, 0.6) is 5.75 Å². The summed E-state index contributed by atoms with van der Waals surface area (Å²) in [5.74, 6) is 0.587. The topological polar surface area (TPSA) is 52.3 Å². The molecule has 148 valence electrons. The first-order valence-electron chi connectivity index (χ1n) is 9.07. The molecule has 0 amide bonds. The zero-order valence-electron chi connectivity index (χ0n) is 15.4. The molecule has 0 spiro atoms. The van der Waals surface area contributed by atoms with Gasteiger partial charge in [0.25, 0.3) is 0 Å². The van der Waals surface area contributed by atoms with Crippen LogP contribution in [0.15, 0.2) is 75.9 Å². The summed E-state index contributed by atoms with van der Waals surface area (Å²) < 4.78 is 12.4. The van der Waals surface area contributed by atoms with Crippen LogP contribution in [0.3, 0.4) is 0 Å². The highest BCUT2D eigenvalue weighted by Crippen LogP contribution is 2.31. The summed E-state index contributed by atoms with van der Waals surface area (Å²) >= 11 is 13.4. The molecule has 4 nitrogen and oxygen atoms in total. The van der Waals surface area contributed by atoms with Crippen LogP contribution in [0.2, 0.25) is 10.0 Å². The molecule has 0 atom stereocenters. The molecule has 0 N–H and O–H groups in total. The van der Waals surface area contributed by atoms with Gasteiger partial charge in [-0.2, -0.15) is 0 Å². The van der Waals surface area contributed by atoms with E-state index in [1.165, 1.54) is 11.3 Å². The number of fused-ring (bicyclic) bond motifs is 2. The van der Waals surface area contributed by atoms with Crippen LogP contribution in [-0.2, 0) is 6.61 Å². The van der Waals surface area contributed by atoms with Crippen LogP contribution < -0.4 is 10.4 Å². The van der Waals surface area contributed by atoms with Gasteiger partial charge >= 0.3 is 5.63 Å². The van der Waals surface area contributed by atoms with E-state index in [0.29, 0.717) is 38.6 Å². The minimum atomic E-state index is -0.428. The molecule has 0 bridgehead atoms. The minimum Gasteiger partial charge on any atom is -0.489 e. The van der Waals surface area contributed by atoms with E-state index in [4.69, 9.17) is 32.4 Å². The lowest BCUT2D eigenvalue weighted by Crippen LogP contribution is -2.02. The second-order valence-electron chi connectivity index (χ2n) is 6.67. The molecule has 2 aromatic heterocycles.